The van der Waals surface area contributed by atoms with Crippen molar-refractivity contribution in [2.24, 2.45) is 5.92 Å². The van der Waals surface area contributed by atoms with Gasteiger partial charge in [0.25, 0.3) is 0 Å². The molecule has 1 saturated heterocycles. The van der Waals surface area contributed by atoms with Crippen LogP contribution in [0, 0.1) is 33.6 Å². The number of benzene rings is 1. The summed E-state index contributed by atoms with van der Waals surface area (Å²) in [6.07, 6.45) is 3.34. The van der Waals surface area contributed by atoms with E-state index in [1.807, 2.05) is 27.7 Å². The van der Waals surface area contributed by atoms with Crippen LogP contribution in [0.1, 0.15) is 48.4 Å². The van der Waals surface area contributed by atoms with Gasteiger partial charge in [-0.25, -0.2) is 13.1 Å². The van der Waals surface area contributed by atoms with Gasteiger partial charge in [0, 0.05) is 6.54 Å². The number of aryl methyl sites for hydroxylation is 2. The van der Waals surface area contributed by atoms with Gasteiger partial charge in [-0.05, 0) is 94.8 Å². The Morgan fingerprint density at radius 2 is 1.62 bits per heavy atom. The smallest absolute Gasteiger partial charge is 0.241 e. The Morgan fingerprint density at radius 3 is 2.12 bits per heavy atom. The zero-order chi connectivity index (χ0) is 17.9. The summed E-state index contributed by atoms with van der Waals surface area (Å²) in [5.41, 5.74) is 3.80. The molecule has 0 atom stereocenters. The number of nitrogens with one attached hydrogen (secondary N) is 1. The highest BCUT2D eigenvalue weighted by molar-refractivity contribution is 7.89. The molecule has 0 unspecified atom stereocenters. The van der Waals surface area contributed by atoms with E-state index in [1.165, 1.54) is 6.42 Å². The summed E-state index contributed by atoms with van der Waals surface area (Å²) < 4.78 is 28.6. The first-order chi connectivity index (χ1) is 11.3. The third-order valence-corrected chi connectivity index (χ3v) is 7.07. The third kappa shape index (κ3) is 4.38. The van der Waals surface area contributed by atoms with E-state index in [0.717, 1.165) is 54.7 Å². The van der Waals surface area contributed by atoms with Gasteiger partial charge in [-0.15, -0.1) is 0 Å². The van der Waals surface area contributed by atoms with Gasteiger partial charge in [0.1, 0.15) is 0 Å². The van der Waals surface area contributed by atoms with E-state index in [1.54, 1.807) is 0 Å². The van der Waals surface area contributed by atoms with Crippen molar-refractivity contribution >= 4 is 10.0 Å². The summed E-state index contributed by atoms with van der Waals surface area (Å²) in [4.78, 5) is 2.95. The van der Waals surface area contributed by atoms with Gasteiger partial charge >= 0.3 is 0 Å². The van der Waals surface area contributed by atoms with Crippen molar-refractivity contribution < 1.29 is 8.42 Å². The van der Waals surface area contributed by atoms with Crippen LogP contribution in [0.5, 0.6) is 0 Å². The van der Waals surface area contributed by atoms with Crippen LogP contribution >= 0.6 is 0 Å². The quantitative estimate of drug-likeness (QED) is 0.854. The predicted octanol–water partition coefficient (Wildman–Crippen LogP) is 3.32. The summed E-state index contributed by atoms with van der Waals surface area (Å²) in [6.45, 7) is 13.8. The van der Waals surface area contributed by atoms with Crippen LogP contribution < -0.4 is 4.72 Å². The normalized spacial score (nSPS) is 17.4. The lowest BCUT2D eigenvalue weighted by atomic mass is 9.97. The number of nitrogens with zero attached hydrogens (tertiary/aromatic N) is 1. The lowest BCUT2D eigenvalue weighted by molar-refractivity contribution is 0.186. The maximum absolute atomic E-state index is 12.9. The first kappa shape index (κ1) is 19.4. The fourth-order valence-electron chi connectivity index (χ4n) is 3.61. The Morgan fingerprint density at radius 1 is 1.08 bits per heavy atom. The molecule has 24 heavy (non-hydrogen) atoms. The highest BCUT2D eigenvalue weighted by Crippen LogP contribution is 2.26. The number of hydrogen-bond donors (Lipinski definition) is 1. The van der Waals surface area contributed by atoms with Crippen LogP contribution in [-0.4, -0.2) is 39.5 Å². The lowest BCUT2D eigenvalue weighted by Gasteiger charge is -2.31. The molecule has 4 nitrogen and oxygen atoms in total. The molecule has 0 saturated carbocycles. The van der Waals surface area contributed by atoms with Crippen molar-refractivity contribution in [2.45, 2.75) is 58.8 Å². The molecule has 0 radical (unpaired) electrons. The minimum Gasteiger partial charge on any atom is -0.303 e. The summed E-state index contributed by atoms with van der Waals surface area (Å²) in [6, 6.07) is 2.06. The first-order valence-electron chi connectivity index (χ1n) is 9.05. The summed E-state index contributed by atoms with van der Waals surface area (Å²) in [5, 5.41) is 0. The Balaban J connectivity index is 2.06. The molecule has 1 heterocycles. The second kappa shape index (κ2) is 7.98. The number of sulfonamides is 1. The van der Waals surface area contributed by atoms with Crippen LogP contribution in [0.15, 0.2) is 11.0 Å². The van der Waals surface area contributed by atoms with Crippen LogP contribution in [0.3, 0.4) is 0 Å². The zero-order valence-corrected chi connectivity index (χ0v) is 16.6. The maximum Gasteiger partial charge on any atom is 0.241 e. The van der Waals surface area contributed by atoms with Crippen LogP contribution in [0.4, 0.5) is 0 Å². The van der Waals surface area contributed by atoms with E-state index in [9.17, 15) is 8.42 Å². The van der Waals surface area contributed by atoms with Gasteiger partial charge in [0.05, 0.1) is 4.90 Å². The number of piperidine rings is 1. The fraction of sp³-hybridized carbons (Fsp3) is 0.684. The first-order valence-corrected chi connectivity index (χ1v) is 10.5. The molecule has 5 heteroatoms. The molecule has 0 aromatic heterocycles. The lowest BCUT2D eigenvalue weighted by Crippen LogP contribution is -2.39. The van der Waals surface area contributed by atoms with Crippen molar-refractivity contribution in [3.63, 3.8) is 0 Å². The van der Waals surface area contributed by atoms with Crippen molar-refractivity contribution in [3.8, 4) is 0 Å². The van der Waals surface area contributed by atoms with Crippen LogP contribution in [0.2, 0.25) is 0 Å². The predicted molar refractivity (Wildman–Crippen MR) is 100 cm³/mol. The molecule has 1 aliphatic rings. The minimum absolute atomic E-state index is 0.444. The SMILES string of the molecule is CCCN1CCC(CNS(=O)(=O)c2c(C)c(C)cc(C)c2C)CC1. The largest absolute Gasteiger partial charge is 0.303 e. The Bertz CT molecular complexity index is 649. The number of rotatable bonds is 6. The van der Waals surface area contributed by atoms with E-state index in [2.05, 4.69) is 22.6 Å². The topological polar surface area (TPSA) is 49.4 Å². The molecule has 1 aliphatic heterocycles. The van der Waals surface area contributed by atoms with Gasteiger partial charge in [0.15, 0.2) is 0 Å². The van der Waals surface area contributed by atoms with E-state index < -0.39 is 10.0 Å². The molecule has 1 aromatic carbocycles. The van der Waals surface area contributed by atoms with E-state index >= 15 is 0 Å². The number of hydrogen-bond acceptors (Lipinski definition) is 3. The van der Waals surface area contributed by atoms with Crippen molar-refractivity contribution in [1.29, 1.82) is 0 Å². The average molecular weight is 353 g/mol. The zero-order valence-electron chi connectivity index (χ0n) is 15.8. The van der Waals surface area contributed by atoms with Gasteiger partial charge in [-0.2, -0.15) is 0 Å². The molecule has 136 valence electrons. The molecular formula is C19H32N2O2S. The van der Waals surface area contributed by atoms with Gasteiger partial charge < -0.3 is 4.90 Å². The van der Waals surface area contributed by atoms with E-state index in [-0.39, 0.29) is 0 Å². The van der Waals surface area contributed by atoms with Crippen molar-refractivity contribution in [3.05, 3.63) is 28.3 Å². The molecular weight excluding hydrogens is 320 g/mol. The van der Waals surface area contributed by atoms with Gasteiger partial charge in [-0.1, -0.05) is 13.0 Å². The molecule has 0 bridgehead atoms. The fourth-order valence-corrected chi connectivity index (χ4v) is 5.34. The molecule has 0 amide bonds. The number of likely N-dealkylation sites (tertiary alicyclic amines) is 1. The Labute approximate surface area is 147 Å². The van der Waals surface area contributed by atoms with Crippen LogP contribution in [-0.2, 0) is 10.0 Å². The third-order valence-electron chi connectivity index (χ3n) is 5.37. The second-order valence-corrected chi connectivity index (χ2v) is 8.93. The van der Waals surface area contributed by atoms with Gasteiger partial charge in [-0.3, -0.25) is 0 Å². The maximum atomic E-state index is 12.9. The van der Waals surface area contributed by atoms with E-state index in [0.29, 0.717) is 17.4 Å². The minimum atomic E-state index is -3.45. The molecule has 1 N–H and O–H groups in total. The molecule has 1 aromatic rings. The van der Waals surface area contributed by atoms with E-state index in [4.69, 9.17) is 0 Å². The van der Waals surface area contributed by atoms with Gasteiger partial charge in [0.2, 0.25) is 10.0 Å². The van der Waals surface area contributed by atoms with Crippen LogP contribution in [0.25, 0.3) is 0 Å². The average Bonchev–Trinajstić information content (AvgIpc) is 2.53. The Hall–Kier alpha value is -0.910. The van der Waals surface area contributed by atoms with Crippen molar-refractivity contribution in [1.82, 2.24) is 9.62 Å². The standard InChI is InChI=1S/C19H32N2O2S/c1-6-9-21-10-7-18(8-11-21)13-20-24(22,23)19-16(4)14(2)12-15(3)17(19)5/h12,18,20H,6-11,13H2,1-5H3. The highest BCUT2D eigenvalue weighted by atomic mass is 32.2. The Kier molecular flexibility index (Phi) is 6.46. The second-order valence-electron chi connectivity index (χ2n) is 7.23. The summed E-state index contributed by atoms with van der Waals surface area (Å²) in [7, 11) is -3.45. The highest BCUT2D eigenvalue weighted by Gasteiger charge is 2.24. The molecule has 2 rings (SSSR count). The monoisotopic (exact) mass is 352 g/mol. The van der Waals surface area contributed by atoms with Crippen molar-refractivity contribution in [2.75, 3.05) is 26.2 Å². The molecule has 0 spiro atoms. The summed E-state index contributed by atoms with van der Waals surface area (Å²) in [5.74, 6) is 0.444. The molecule has 1 fully saturated rings. The summed E-state index contributed by atoms with van der Waals surface area (Å²) >= 11 is 0. The molecule has 0 aliphatic carbocycles.